The Balaban J connectivity index is 1.56. The largest absolute Gasteiger partial charge is 0.493 e. The highest BCUT2D eigenvalue weighted by atomic mass is 79.9. The van der Waals surface area contributed by atoms with Crippen LogP contribution in [0, 0.1) is 23.7 Å². The van der Waals surface area contributed by atoms with E-state index < -0.39 is 5.97 Å². The number of imide groups is 1. The smallest absolute Gasteiger partial charge is 0.344 e. The van der Waals surface area contributed by atoms with Crippen LogP contribution < -0.4 is 9.47 Å². The molecule has 1 aliphatic heterocycles. The van der Waals surface area contributed by atoms with E-state index in [0.717, 1.165) is 11.4 Å². The van der Waals surface area contributed by atoms with Gasteiger partial charge < -0.3 is 14.2 Å². The summed E-state index contributed by atoms with van der Waals surface area (Å²) in [7, 11) is 1.43. The zero-order valence-electron chi connectivity index (χ0n) is 16.8. The number of hydrazone groups is 1. The van der Waals surface area contributed by atoms with Crippen LogP contribution in [0.2, 0.25) is 5.02 Å². The van der Waals surface area contributed by atoms with Gasteiger partial charge in [-0.15, -0.1) is 0 Å². The summed E-state index contributed by atoms with van der Waals surface area (Å²) in [6.45, 7) is 1.60. The number of carbonyl (C=O) groups excluding carboxylic acids is 3. The summed E-state index contributed by atoms with van der Waals surface area (Å²) in [5.74, 6) is -1.07. The second-order valence-electron chi connectivity index (χ2n) is 7.45. The number of allylic oxidation sites excluding steroid dienone is 2. The van der Waals surface area contributed by atoms with Gasteiger partial charge in [-0.2, -0.15) is 10.1 Å². The fraction of sp³-hybridized carbons (Fsp3) is 0.429. The van der Waals surface area contributed by atoms with Gasteiger partial charge in [0, 0.05) is 10.0 Å². The molecule has 1 saturated heterocycles. The molecule has 31 heavy (non-hydrogen) atoms. The predicted octanol–water partition coefficient (Wildman–Crippen LogP) is 3.19. The number of hydrogen-bond donors (Lipinski definition) is 0. The number of nitrogens with zero attached hydrogens (tertiary/aromatic N) is 2. The number of esters is 1. The standard InChI is InChI=1S/C21H20BrClN2O6/c1-3-30-14(26)9-31-19-13(29-2)7-12(17(22)18(19)23)8-24-25-20(27)15-10-4-5-11(6-10)16(15)21(25)28/h4-5,7-8,10-11,15-16H,3,6,9H2,1-2H3/t10-,11-,15-,16+/m0/s1. The van der Waals surface area contributed by atoms with Crippen molar-refractivity contribution in [1.29, 1.82) is 0 Å². The van der Waals surface area contributed by atoms with Gasteiger partial charge in [-0.25, -0.2) is 4.79 Å². The fourth-order valence-electron chi connectivity index (χ4n) is 4.44. The number of rotatable bonds is 7. The summed E-state index contributed by atoms with van der Waals surface area (Å²) in [6, 6.07) is 1.58. The Bertz CT molecular complexity index is 980. The first-order valence-electron chi connectivity index (χ1n) is 9.81. The van der Waals surface area contributed by atoms with Gasteiger partial charge >= 0.3 is 5.97 Å². The molecule has 0 radical (unpaired) electrons. The van der Waals surface area contributed by atoms with Crippen LogP contribution in [0.5, 0.6) is 11.5 Å². The van der Waals surface area contributed by atoms with Crippen molar-refractivity contribution in [3.05, 3.63) is 33.3 Å². The fourth-order valence-corrected chi connectivity index (χ4v) is 5.09. The number of fused-ring (bicyclic) bond motifs is 5. The minimum Gasteiger partial charge on any atom is -0.493 e. The minimum atomic E-state index is -0.539. The number of ether oxygens (including phenoxy) is 3. The Labute approximate surface area is 192 Å². The maximum Gasteiger partial charge on any atom is 0.344 e. The van der Waals surface area contributed by atoms with E-state index in [1.165, 1.54) is 13.3 Å². The lowest BCUT2D eigenvalue weighted by Gasteiger charge is -2.15. The van der Waals surface area contributed by atoms with Crippen molar-refractivity contribution in [2.24, 2.45) is 28.8 Å². The van der Waals surface area contributed by atoms with Crippen molar-refractivity contribution in [2.45, 2.75) is 13.3 Å². The van der Waals surface area contributed by atoms with E-state index in [2.05, 4.69) is 21.0 Å². The zero-order chi connectivity index (χ0) is 22.3. The van der Waals surface area contributed by atoms with E-state index >= 15 is 0 Å². The van der Waals surface area contributed by atoms with Crippen molar-refractivity contribution in [3.8, 4) is 11.5 Å². The molecule has 2 bridgehead atoms. The van der Waals surface area contributed by atoms with Crippen LogP contribution in [-0.4, -0.2) is 49.3 Å². The van der Waals surface area contributed by atoms with Gasteiger partial charge in [0.05, 0.1) is 31.8 Å². The van der Waals surface area contributed by atoms with Gasteiger partial charge in [0.15, 0.2) is 18.1 Å². The average Bonchev–Trinajstić information content (AvgIpc) is 3.43. The molecule has 2 aliphatic carbocycles. The topological polar surface area (TPSA) is 94.5 Å². The first kappa shape index (κ1) is 21.8. The normalized spacial score (nSPS) is 26.1. The van der Waals surface area contributed by atoms with E-state index in [9.17, 15) is 14.4 Å². The van der Waals surface area contributed by atoms with Gasteiger partial charge in [-0.05, 0) is 47.2 Å². The molecular weight excluding hydrogens is 492 g/mol. The van der Waals surface area contributed by atoms with Crippen LogP contribution in [0.4, 0.5) is 0 Å². The monoisotopic (exact) mass is 510 g/mol. The molecule has 1 aromatic carbocycles. The number of carbonyl (C=O) groups is 3. The SMILES string of the molecule is CCOC(=O)COc1c(OC)cc(C=NN2C(=O)[C@@H]3[C@H](C2=O)[C@H]2C=C[C@H]3C2)c(Br)c1Cl. The van der Waals surface area contributed by atoms with Gasteiger partial charge in [0.2, 0.25) is 0 Å². The zero-order valence-corrected chi connectivity index (χ0v) is 19.2. The van der Waals surface area contributed by atoms with Gasteiger partial charge in [0.1, 0.15) is 5.02 Å². The molecule has 4 rings (SSSR count). The molecule has 1 heterocycles. The lowest BCUT2D eigenvalue weighted by atomic mass is 9.85. The van der Waals surface area contributed by atoms with E-state index in [-0.39, 0.29) is 65.2 Å². The molecule has 0 N–H and O–H groups in total. The first-order chi connectivity index (χ1) is 14.9. The highest BCUT2D eigenvalue weighted by Gasteiger charge is 2.59. The molecule has 4 atom stereocenters. The van der Waals surface area contributed by atoms with E-state index in [4.69, 9.17) is 25.8 Å². The second kappa shape index (κ2) is 8.63. The Morgan fingerprint density at radius 3 is 2.52 bits per heavy atom. The molecule has 0 spiro atoms. The third-order valence-corrected chi connectivity index (χ3v) is 7.22. The van der Waals surface area contributed by atoms with Crippen molar-refractivity contribution in [3.63, 3.8) is 0 Å². The molecule has 2 amide bonds. The van der Waals surface area contributed by atoms with Crippen LogP contribution in [0.1, 0.15) is 18.9 Å². The lowest BCUT2D eigenvalue weighted by Crippen LogP contribution is -2.28. The molecule has 0 aromatic heterocycles. The maximum atomic E-state index is 12.8. The van der Waals surface area contributed by atoms with E-state index in [1.807, 2.05) is 12.2 Å². The summed E-state index contributed by atoms with van der Waals surface area (Å²) in [5, 5.41) is 5.28. The molecule has 1 saturated carbocycles. The van der Waals surface area contributed by atoms with Crippen LogP contribution >= 0.6 is 27.5 Å². The summed E-state index contributed by atoms with van der Waals surface area (Å²) in [6.07, 6.45) is 6.29. The average molecular weight is 512 g/mol. The third kappa shape index (κ3) is 3.74. The molecule has 2 fully saturated rings. The van der Waals surface area contributed by atoms with Crippen molar-refractivity contribution in [2.75, 3.05) is 20.3 Å². The van der Waals surface area contributed by atoms with Crippen LogP contribution in [0.15, 0.2) is 27.8 Å². The van der Waals surface area contributed by atoms with Gasteiger partial charge in [-0.1, -0.05) is 23.8 Å². The lowest BCUT2D eigenvalue weighted by molar-refractivity contribution is -0.145. The summed E-state index contributed by atoms with van der Waals surface area (Å²) >= 11 is 9.77. The molecule has 1 aromatic rings. The summed E-state index contributed by atoms with van der Waals surface area (Å²) < 4.78 is 16.1. The minimum absolute atomic E-state index is 0.115. The number of halogens is 2. The molecule has 164 valence electrons. The Kier molecular flexibility index (Phi) is 6.07. The van der Waals surface area contributed by atoms with E-state index in [0.29, 0.717) is 10.0 Å². The summed E-state index contributed by atoms with van der Waals surface area (Å²) in [4.78, 5) is 37.1. The molecule has 10 heteroatoms. The number of hydrogen-bond acceptors (Lipinski definition) is 7. The van der Waals surface area contributed by atoms with Crippen molar-refractivity contribution < 1.29 is 28.6 Å². The molecular formula is C21H20BrClN2O6. The molecule has 8 nitrogen and oxygen atoms in total. The highest BCUT2D eigenvalue weighted by molar-refractivity contribution is 9.10. The molecule has 0 unspecified atom stereocenters. The highest BCUT2D eigenvalue weighted by Crippen LogP contribution is 2.52. The second-order valence-corrected chi connectivity index (χ2v) is 8.62. The van der Waals surface area contributed by atoms with E-state index in [1.54, 1.807) is 13.0 Å². The van der Waals surface area contributed by atoms with Gasteiger partial charge in [0.25, 0.3) is 11.8 Å². The van der Waals surface area contributed by atoms with Crippen molar-refractivity contribution in [1.82, 2.24) is 5.01 Å². The van der Waals surface area contributed by atoms with Crippen LogP contribution in [-0.2, 0) is 19.1 Å². The molecule has 3 aliphatic rings. The predicted molar refractivity (Wildman–Crippen MR) is 115 cm³/mol. The van der Waals surface area contributed by atoms with Crippen molar-refractivity contribution >= 4 is 51.5 Å². The number of amides is 2. The third-order valence-electron chi connectivity index (χ3n) is 5.77. The van der Waals surface area contributed by atoms with Gasteiger partial charge in [-0.3, -0.25) is 9.59 Å². The number of methoxy groups -OCH3 is 1. The quantitative estimate of drug-likeness (QED) is 0.242. The first-order valence-corrected chi connectivity index (χ1v) is 11.0. The Morgan fingerprint density at radius 1 is 1.29 bits per heavy atom. The Hall–Kier alpha value is -2.39. The number of benzene rings is 1. The van der Waals surface area contributed by atoms with Crippen LogP contribution in [0.3, 0.4) is 0 Å². The Morgan fingerprint density at radius 2 is 1.94 bits per heavy atom. The van der Waals surface area contributed by atoms with Crippen LogP contribution in [0.25, 0.3) is 0 Å². The maximum absolute atomic E-state index is 12.8. The summed E-state index contributed by atoms with van der Waals surface area (Å²) in [5.41, 5.74) is 0.476.